The molecule has 1 amide bonds. The highest BCUT2D eigenvalue weighted by atomic mass is 16.5. The Morgan fingerprint density at radius 2 is 1.95 bits per heavy atom. The van der Waals surface area contributed by atoms with Crippen LogP contribution in [0.5, 0.6) is 5.75 Å². The van der Waals surface area contributed by atoms with Crippen LogP contribution >= 0.6 is 0 Å². The molecule has 0 spiro atoms. The molecule has 1 aromatic carbocycles. The Hall–Kier alpha value is -1.55. The van der Waals surface area contributed by atoms with Crippen LogP contribution in [-0.4, -0.2) is 37.0 Å². The molecule has 4 heteroatoms. The monoisotopic (exact) mass is 288 g/mol. The van der Waals surface area contributed by atoms with Gasteiger partial charge in [-0.05, 0) is 50.8 Å². The number of nitrogens with zero attached hydrogens (tertiary/aromatic N) is 1. The lowest BCUT2D eigenvalue weighted by atomic mass is 9.88. The summed E-state index contributed by atoms with van der Waals surface area (Å²) >= 11 is 0. The second kappa shape index (κ2) is 6.06. The highest BCUT2D eigenvalue weighted by molar-refractivity contribution is 5.92. The van der Waals surface area contributed by atoms with Crippen molar-refractivity contribution in [2.75, 3.05) is 19.5 Å². The molecule has 2 aliphatic heterocycles. The molecule has 1 N–H and O–H groups in total. The van der Waals surface area contributed by atoms with Crippen molar-refractivity contribution in [3.8, 4) is 5.75 Å². The molecule has 2 saturated heterocycles. The Morgan fingerprint density at radius 3 is 2.62 bits per heavy atom. The number of benzene rings is 1. The van der Waals surface area contributed by atoms with Gasteiger partial charge < -0.3 is 15.0 Å². The summed E-state index contributed by atoms with van der Waals surface area (Å²) in [5, 5.41) is 2.99. The number of piperidine rings is 1. The number of methoxy groups -OCH3 is 1. The zero-order chi connectivity index (χ0) is 14.8. The zero-order valence-corrected chi connectivity index (χ0v) is 12.8. The summed E-state index contributed by atoms with van der Waals surface area (Å²) in [7, 11) is 3.85. The maximum Gasteiger partial charge on any atom is 0.224 e. The Kier molecular flexibility index (Phi) is 4.15. The number of nitrogens with one attached hydrogen (secondary N) is 1. The van der Waals surface area contributed by atoms with Gasteiger partial charge in [-0.1, -0.05) is 12.1 Å². The Balaban J connectivity index is 1.57. The SMILES string of the molecule is COc1ccccc1NC(=O)CC1C[C@H]2CC[C@@H](C1)N2C. The summed E-state index contributed by atoms with van der Waals surface area (Å²) in [5.41, 5.74) is 0.765. The van der Waals surface area contributed by atoms with Crippen LogP contribution in [0.2, 0.25) is 0 Å². The van der Waals surface area contributed by atoms with Gasteiger partial charge in [0.25, 0.3) is 0 Å². The first-order chi connectivity index (χ1) is 10.2. The number of ether oxygens (including phenoxy) is 1. The minimum Gasteiger partial charge on any atom is -0.495 e. The van der Waals surface area contributed by atoms with Gasteiger partial charge in [0.15, 0.2) is 0 Å². The fourth-order valence-electron chi connectivity index (χ4n) is 3.90. The van der Waals surface area contributed by atoms with Crippen molar-refractivity contribution in [1.29, 1.82) is 0 Å². The Labute approximate surface area is 126 Å². The van der Waals surface area contributed by atoms with E-state index in [-0.39, 0.29) is 5.91 Å². The average Bonchev–Trinajstić information content (AvgIpc) is 2.70. The van der Waals surface area contributed by atoms with Crippen LogP contribution in [0.3, 0.4) is 0 Å². The largest absolute Gasteiger partial charge is 0.495 e. The second-order valence-electron chi connectivity index (χ2n) is 6.34. The molecule has 0 radical (unpaired) electrons. The van der Waals surface area contributed by atoms with E-state index in [0.717, 1.165) is 18.5 Å². The van der Waals surface area contributed by atoms with Crippen molar-refractivity contribution in [1.82, 2.24) is 4.90 Å². The summed E-state index contributed by atoms with van der Waals surface area (Å²) in [5.74, 6) is 1.34. The predicted molar refractivity (Wildman–Crippen MR) is 83.5 cm³/mol. The van der Waals surface area contributed by atoms with Crippen LogP contribution in [0.25, 0.3) is 0 Å². The van der Waals surface area contributed by atoms with Crippen LogP contribution in [0.1, 0.15) is 32.1 Å². The minimum absolute atomic E-state index is 0.105. The number of hydrogen-bond donors (Lipinski definition) is 1. The lowest BCUT2D eigenvalue weighted by Gasteiger charge is -2.36. The maximum atomic E-state index is 12.3. The molecular weight excluding hydrogens is 264 g/mol. The van der Waals surface area contributed by atoms with Crippen LogP contribution in [0.15, 0.2) is 24.3 Å². The number of amides is 1. The van der Waals surface area contributed by atoms with Gasteiger partial charge in [0, 0.05) is 18.5 Å². The van der Waals surface area contributed by atoms with Crippen molar-refractivity contribution >= 4 is 11.6 Å². The topological polar surface area (TPSA) is 41.6 Å². The van der Waals surface area contributed by atoms with Gasteiger partial charge in [-0.15, -0.1) is 0 Å². The van der Waals surface area contributed by atoms with Crippen molar-refractivity contribution in [2.45, 2.75) is 44.2 Å². The molecule has 2 bridgehead atoms. The normalized spacial score (nSPS) is 28.4. The zero-order valence-electron chi connectivity index (χ0n) is 12.8. The Bertz CT molecular complexity index is 503. The minimum atomic E-state index is 0.105. The van der Waals surface area contributed by atoms with Crippen LogP contribution in [0, 0.1) is 5.92 Å². The van der Waals surface area contributed by atoms with E-state index in [9.17, 15) is 4.79 Å². The van der Waals surface area contributed by atoms with E-state index in [0.29, 0.717) is 30.2 Å². The van der Waals surface area contributed by atoms with E-state index in [1.54, 1.807) is 7.11 Å². The summed E-state index contributed by atoms with van der Waals surface area (Å²) in [6, 6.07) is 8.94. The highest BCUT2D eigenvalue weighted by Gasteiger charge is 2.38. The van der Waals surface area contributed by atoms with Gasteiger partial charge in [0.2, 0.25) is 5.91 Å². The third-order valence-electron chi connectivity index (χ3n) is 5.05. The molecule has 3 atom stereocenters. The van der Waals surface area contributed by atoms with Crippen molar-refractivity contribution < 1.29 is 9.53 Å². The molecule has 114 valence electrons. The lowest BCUT2D eigenvalue weighted by Crippen LogP contribution is -2.40. The van der Waals surface area contributed by atoms with E-state index in [1.807, 2.05) is 24.3 Å². The van der Waals surface area contributed by atoms with E-state index < -0.39 is 0 Å². The standard InChI is InChI=1S/C17H24N2O2/c1-19-13-7-8-14(19)10-12(9-13)11-17(20)18-15-5-3-4-6-16(15)21-2/h3-6,12-14H,7-11H2,1-2H3,(H,18,20)/t12?,13-,14+. The first-order valence-corrected chi connectivity index (χ1v) is 7.82. The molecule has 0 saturated carbocycles. The van der Waals surface area contributed by atoms with Gasteiger partial charge in [-0.2, -0.15) is 0 Å². The summed E-state index contributed by atoms with van der Waals surface area (Å²) in [6.45, 7) is 0. The van der Waals surface area contributed by atoms with Gasteiger partial charge in [0.05, 0.1) is 12.8 Å². The first kappa shape index (κ1) is 14.4. The van der Waals surface area contributed by atoms with Gasteiger partial charge in [-0.25, -0.2) is 0 Å². The summed E-state index contributed by atoms with van der Waals surface area (Å²) in [4.78, 5) is 14.8. The number of fused-ring (bicyclic) bond motifs is 2. The number of carbonyl (C=O) groups is 1. The van der Waals surface area contributed by atoms with Gasteiger partial charge >= 0.3 is 0 Å². The van der Waals surface area contributed by atoms with E-state index in [1.165, 1.54) is 12.8 Å². The smallest absolute Gasteiger partial charge is 0.224 e. The molecule has 1 aromatic rings. The molecule has 21 heavy (non-hydrogen) atoms. The fraction of sp³-hybridized carbons (Fsp3) is 0.588. The van der Waals surface area contributed by atoms with E-state index in [4.69, 9.17) is 4.74 Å². The molecule has 2 aliphatic rings. The number of hydrogen-bond acceptors (Lipinski definition) is 3. The van der Waals surface area contributed by atoms with E-state index >= 15 is 0 Å². The van der Waals surface area contributed by atoms with E-state index in [2.05, 4.69) is 17.3 Å². The molecule has 1 unspecified atom stereocenters. The molecular formula is C17H24N2O2. The van der Waals surface area contributed by atoms with Crippen molar-refractivity contribution in [3.05, 3.63) is 24.3 Å². The van der Waals surface area contributed by atoms with Crippen LogP contribution < -0.4 is 10.1 Å². The third-order valence-corrected chi connectivity index (χ3v) is 5.05. The van der Waals surface area contributed by atoms with Crippen molar-refractivity contribution in [2.24, 2.45) is 5.92 Å². The lowest BCUT2D eigenvalue weighted by molar-refractivity contribution is -0.117. The molecule has 3 rings (SSSR count). The van der Waals surface area contributed by atoms with Crippen LogP contribution in [0.4, 0.5) is 5.69 Å². The predicted octanol–water partition coefficient (Wildman–Crippen LogP) is 2.90. The Morgan fingerprint density at radius 1 is 1.29 bits per heavy atom. The van der Waals surface area contributed by atoms with Gasteiger partial charge in [-0.3, -0.25) is 4.79 Å². The molecule has 2 heterocycles. The molecule has 2 fully saturated rings. The summed E-state index contributed by atoms with van der Waals surface area (Å²) < 4.78 is 5.27. The average molecular weight is 288 g/mol. The number of carbonyl (C=O) groups excluding carboxylic acids is 1. The quantitative estimate of drug-likeness (QED) is 0.926. The third kappa shape index (κ3) is 3.05. The van der Waals surface area contributed by atoms with Gasteiger partial charge in [0.1, 0.15) is 5.75 Å². The number of para-hydroxylation sites is 2. The second-order valence-corrected chi connectivity index (χ2v) is 6.34. The highest BCUT2D eigenvalue weighted by Crippen LogP contribution is 2.38. The molecule has 0 aromatic heterocycles. The maximum absolute atomic E-state index is 12.3. The van der Waals surface area contributed by atoms with Crippen LogP contribution in [-0.2, 0) is 4.79 Å². The molecule has 0 aliphatic carbocycles. The summed E-state index contributed by atoms with van der Waals surface area (Å²) in [6.07, 6.45) is 5.54. The number of rotatable bonds is 4. The first-order valence-electron chi connectivity index (χ1n) is 7.82. The van der Waals surface area contributed by atoms with Crippen molar-refractivity contribution in [3.63, 3.8) is 0 Å². The fourth-order valence-corrected chi connectivity index (χ4v) is 3.90. The number of anilines is 1. The molecule has 4 nitrogen and oxygen atoms in total.